The van der Waals surface area contributed by atoms with Crippen LogP contribution >= 0.6 is 11.3 Å². The van der Waals surface area contributed by atoms with E-state index in [-0.39, 0.29) is 24.7 Å². The highest BCUT2D eigenvalue weighted by atomic mass is 32.1. The van der Waals surface area contributed by atoms with Crippen LogP contribution in [0.25, 0.3) is 21.5 Å². The number of H-pyrrole nitrogens is 1. The van der Waals surface area contributed by atoms with E-state index in [0.29, 0.717) is 17.2 Å². The summed E-state index contributed by atoms with van der Waals surface area (Å²) >= 11 is 1.43. The zero-order valence-electron chi connectivity index (χ0n) is 17.6. The average Bonchev–Trinajstić information content (AvgIpc) is 3.44. The molecule has 3 N–H and O–H groups in total. The number of hydrogen-bond acceptors (Lipinski definition) is 6. The van der Waals surface area contributed by atoms with Gasteiger partial charge in [0.15, 0.2) is 11.5 Å². The minimum Gasteiger partial charge on any atom is -0.493 e. The number of hydrogen-bond donors (Lipinski definition) is 3. The number of rotatable bonds is 7. The molecule has 0 fully saturated rings. The summed E-state index contributed by atoms with van der Waals surface area (Å²) in [6, 6.07) is 13.3. The maximum Gasteiger partial charge on any atom is 0.244 e. The molecule has 0 bridgehead atoms. The molecule has 0 radical (unpaired) electrons. The zero-order valence-corrected chi connectivity index (χ0v) is 18.4. The second-order valence-electron chi connectivity index (χ2n) is 7.02. The molecule has 2 amide bonds. The second-order valence-corrected chi connectivity index (χ2v) is 7.88. The second kappa shape index (κ2) is 9.52. The summed E-state index contributed by atoms with van der Waals surface area (Å²) in [4.78, 5) is 32.1. The van der Waals surface area contributed by atoms with Crippen molar-refractivity contribution in [1.29, 1.82) is 0 Å². The number of para-hydroxylation sites is 1. The van der Waals surface area contributed by atoms with E-state index in [1.54, 1.807) is 20.4 Å². The van der Waals surface area contributed by atoms with Crippen molar-refractivity contribution in [2.75, 3.05) is 14.2 Å². The lowest BCUT2D eigenvalue weighted by Gasteiger charge is -2.08. The van der Waals surface area contributed by atoms with Crippen molar-refractivity contribution in [3.63, 3.8) is 0 Å². The van der Waals surface area contributed by atoms with Crippen molar-refractivity contribution in [1.82, 2.24) is 20.8 Å². The number of ether oxygens (including phenoxy) is 2. The molecule has 164 valence electrons. The van der Waals surface area contributed by atoms with E-state index < -0.39 is 0 Å². The van der Waals surface area contributed by atoms with Gasteiger partial charge in [0.25, 0.3) is 0 Å². The van der Waals surface area contributed by atoms with Crippen molar-refractivity contribution < 1.29 is 19.1 Å². The van der Waals surface area contributed by atoms with Crippen LogP contribution in [-0.2, 0) is 22.4 Å². The Bertz CT molecular complexity index is 1260. The third kappa shape index (κ3) is 4.73. The lowest BCUT2D eigenvalue weighted by atomic mass is 10.1. The van der Waals surface area contributed by atoms with Crippen LogP contribution in [0.3, 0.4) is 0 Å². The lowest BCUT2D eigenvalue weighted by molar-refractivity contribution is -0.128. The Kier molecular flexibility index (Phi) is 6.37. The number of thiazole rings is 1. The first-order valence-corrected chi connectivity index (χ1v) is 10.7. The minimum absolute atomic E-state index is 0.0527. The van der Waals surface area contributed by atoms with Crippen molar-refractivity contribution in [2.45, 2.75) is 12.8 Å². The van der Waals surface area contributed by atoms with Crippen LogP contribution < -0.4 is 20.3 Å². The molecule has 32 heavy (non-hydrogen) atoms. The third-order valence-electron chi connectivity index (χ3n) is 4.89. The van der Waals surface area contributed by atoms with E-state index in [9.17, 15) is 9.59 Å². The molecule has 8 nitrogen and oxygen atoms in total. The molecule has 2 heterocycles. The molecular weight excluding hydrogens is 428 g/mol. The summed E-state index contributed by atoms with van der Waals surface area (Å²) in [6.07, 6.45) is 2.01. The van der Waals surface area contributed by atoms with Crippen molar-refractivity contribution in [3.8, 4) is 22.1 Å². The Hall–Kier alpha value is -3.85. The van der Waals surface area contributed by atoms with Crippen molar-refractivity contribution in [3.05, 3.63) is 65.3 Å². The van der Waals surface area contributed by atoms with Crippen LogP contribution in [0.5, 0.6) is 11.5 Å². The molecule has 4 rings (SSSR count). The number of benzene rings is 2. The van der Waals surface area contributed by atoms with Crippen LogP contribution in [0.4, 0.5) is 0 Å². The number of nitrogens with one attached hydrogen (secondary N) is 3. The highest BCUT2D eigenvalue weighted by Crippen LogP contribution is 2.33. The summed E-state index contributed by atoms with van der Waals surface area (Å²) < 4.78 is 10.6. The number of fused-ring (bicyclic) bond motifs is 1. The van der Waals surface area contributed by atoms with Crippen LogP contribution in [-0.4, -0.2) is 36.0 Å². The number of nitrogens with zero attached hydrogens (tertiary/aromatic N) is 1. The summed E-state index contributed by atoms with van der Waals surface area (Å²) in [5.41, 5.74) is 8.23. The normalized spacial score (nSPS) is 10.7. The predicted molar refractivity (Wildman–Crippen MR) is 123 cm³/mol. The van der Waals surface area contributed by atoms with Gasteiger partial charge in [0, 0.05) is 28.0 Å². The Morgan fingerprint density at radius 2 is 1.75 bits per heavy atom. The van der Waals surface area contributed by atoms with Gasteiger partial charge in [-0.25, -0.2) is 4.98 Å². The number of aromatic amines is 1. The number of amides is 2. The maximum absolute atomic E-state index is 12.3. The fourth-order valence-electron chi connectivity index (χ4n) is 3.33. The van der Waals surface area contributed by atoms with Gasteiger partial charge in [-0.2, -0.15) is 0 Å². The van der Waals surface area contributed by atoms with E-state index in [0.717, 1.165) is 27.0 Å². The molecule has 0 saturated carbocycles. The molecule has 9 heteroatoms. The highest BCUT2D eigenvalue weighted by Gasteiger charge is 2.13. The first-order chi connectivity index (χ1) is 15.6. The molecule has 0 aliphatic heterocycles. The summed E-state index contributed by atoms with van der Waals surface area (Å²) in [5.74, 6) is 0.599. The molecule has 2 aromatic heterocycles. The molecule has 0 aliphatic carbocycles. The van der Waals surface area contributed by atoms with Gasteiger partial charge >= 0.3 is 0 Å². The van der Waals surface area contributed by atoms with E-state index in [4.69, 9.17) is 9.47 Å². The first-order valence-electron chi connectivity index (χ1n) is 9.87. The molecular formula is C23H22N4O4S. The minimum atomic E-state index is -0.346. The Morgan fingerprint density at radius 1 is 1.00 bits per heavy atom. The topological polar surface area (TPSA) is 105 Å². The Labute approximate surface area is 188 Å². The van der Waals surface area contributed by atoms with Gasteiger partial charge < -0.3 is 14.5 Å². The number of hydrazine groups is 1. The van der Waals surface area contributed by atoms with Crippen LogP contribution in [0, 0.1) is 0 Å². The van der Waals surface area contributed by atoms with Crippen LogP contribution in [0.2, 0.25) is 0 Å². The summed E-state index contributed by atoms with van der Waals surface area (Å²) in [5, 5.41) is 3.57. The smallest absolute Gasteiger partial charge is 0.244 e. The van der Waals surface area contributed by atoms with E-state index in [1.807, 2.05) is 47.8 Å². The fourth-order valence-corrected chi connectivity index (χ4v) is 4.15. The standard InChI is InChI=1S/C23H22N4O4S/c1-30-19-8-7-14(9-20(19)31-2)23-25-16(13-32-23)11-22(29)27-26-21(28)10-15-12-24-18-6-4-3-5-17(15)18/h3-9,12-13,24H,10-11H2,1-2H3,(H,26,28)(H,27,29). The van der Waals surface area contributed by atoms with Gasteiger partial charge in [-0.1, -0.05) is 18.2 Å². The van der Waals surface area contributed by atoms with Gasteiger partial charge in [-0.3, -0.25) is 20.4 Å². The number of carbonyl (C=O) groups is 2. The number of aromatic nitrogens is 2. The number of carbonyl (C=O) groups excluding carboxylic acids is 2. The summed E-state index contributed by atoms with van der Waals surface area (Å²) in [6.45, 7) is 0. The van der Waals surface area contributed by atoms with Gasteiger partial charge in [-0.05, 0) is 29.8 Å². The lowest BCUT2D eigenvalue weighted by Crippen LogP contribution is -2.43. The van der Waals surface area contributed by atoms with Crippen LogP contribution in [0.1, 0.15) is 11.3 Å². The highest BCUT2D eigenvalue weighted by molar-refractivity contribution is 7.13. The zero-order chi connectivity index (χ0) is 22.5. The quantitative estimate of drug-likeness (QED) is 0.375. The monoisotopic (exact) mass is 450 g/mol. The summed E-state index contributed by atoms with van der Waals surface area (Å²) in [7, 11) is 3.16. The SMILES string of the molecule is COc1ccc(-c2nc(CC(=O)NNC(=O)Cc3c[nH]c4ccccc34)cs2)cc1OC. The molecule has 0 aliphatic rings. The largest absolute Gasteiger partial charge is 0.493 e. The fraction of sp³-hybridized carbons (Fsp3) is 0.174. The molecule has 4 aromatic rings. The first kappa shape index (κ1) is 21.4. The molecule has 0 spiro atoms. The third-order valence-corrected chi connectivity index (χ3v) is 5.83. The van der Waals surface area contributed by atoms with Gasteiger partial charge in [0.05, 0.1) is 32.8 Å². The van der Waals surface area contributed by atoms with E-state index in [2.05, 4.69) is 20.8 Å². The molecule has 0 unspecified atom stereocenters. The average molecular weight is 451 g/mol. The Balaban J connectivity index is 1.32. The number of methoxy groups -OCH3 is 2. The molecule has 0 atom stereocenters. The van der Waals surface area contributed by atoms with E-state index >= 15 is 0 Å². The maximum atomic E-state index is 12.3. The van der Waals surface area contributed by atoms with Gasteiger partial charge in [-0.15, -0.1) is 11.3 Å². The van der Waals surface area contributed by atoms with E-state index in [1.165, 1.54) is 11.3 Å². The predicted octanol–water partition coefficient (Wildman–Crippen LogP) is 3.24. The van der Waals surface area contributed by atoms with Gasteiger partial charge in [0.2, 0.25) is 11.8 Å². The van der Waals surface area contributed by atoms with Crippen molar-refractivity contribution in [2.24, 2.45) is 0 Å². The molecule has 0 saturated heterocycles. The van der Waals surface area contributed by atoms with Crippen molar-refractivity contribution >= 4 is 34.1 Å². The van der Waals surface area contributed by atoms with Crippen LogP contribution in [0.15, 0.2) is 54.0 Å². The Morgan fingerprint density at radius 3 is 2.53 bits per heavy atom. The van der Waals surface area contributed by atoms with Gasteiger partial charge in [0.1, 0.15) is 5.01 Å². The molecule has 2 aromatic carbocycles.